The van der Waals surface area contributed by atoms with Crippen LogP contribution < -0.4 is 0 Å². The number of alkyl halides is 12. The number of hydrogen-bond donors (Lipinski definition) is 0. The van der Waals surface area contributed by atoms with Crippen LogP contribution in [0.2, 0.25) is 0 Å². The van der Waals surface area contributed by atoms with Crippen LogP contribution >= 0.6 is 15.1 Å². The Balaban J connectivity index is 6.28. The second-order valence-corrected chi connectivity index (χ2v) is 14.9. The van der Waals surface area contributed by atoms with Gasteiger partial charge in [0.1, 0.15) is 0 Å². The van der Waals surface area contributed by atoms with Gasteiger partial charge >= 0.3 is 175 Å². The third-order valence-corrected chi connectivity index (χ3v) is 8.35. The minimum absolute atomic E-state index is 0.535. The van der Waals surface area contributed by atoms with E-state index >= 15 is 0 Å². The first-order valence-electron chi connectivity index (χ1n) is 7.54. The van der Waals surface area contributed by atoms with Crippen LogP contribution in [0.25, 0.3) is 0 Å². The van der Waals surface area contributed by atoms with E-state index in [2.05, 4.69) is 6.15 Å². The maximum absolute atomic E-state index is 13.3. The molecule has 18 heteroatoms. The van der Waals surface area contributed by atoms with E-state index in [0.717, 1.165) is 13.3 Å². The van der Waals surface area contributed by atoms with Gasteiger partial charge in [-0.2, -0.15) is 0 Å². The van der Waals surface area contributed by atoms with Crippen LogP contribution in [0.15, 0.2) is 0 Å². The van der Waals surface area contributed by atoms with E-state index in [9.17, 15) is 57.3 Å². The summed E-state index contributed by atoms with van der Waals surface area (Å²) in [5.74, 6) is 0. The van der Waals surface area contributed by atoms with Crippen molar-refractivity contribution in [2.45, 2.75) is 35.9 Å². The van der Waals surface area contributed by atoms with E-state index in [4.69, 9.17) is 0 Å². The van der Waals surface area contributed by atoms with Crippen molar-refractivity contribution in [1.29, 1.82) is 0 Å². The molecule has 0 aliphatic rings. The zero-order chi connectivity index (χ0) is 24.6. The Morgan fingerprint density at radius 3 is 1.23 bits per heavy atom. The van der Waals surface area contributed by atoms with Gasteiger partial charge in [-0.25, -0.2) is 0 Å². The van der Waals surface area contributed by atoms with Crippen LogP contribution in [0.3, 0.4) is 0 Å². The van der Waals surface area contributed by atoms with Crippen molar-refractivity contribution in [2.24, 2.45) is 0 Å². The van der Waals surface area contributed by atoms with E-state index in [-0.39, 0.29) is 0 Å². The first-order valence-corrected chi connectivity index (χ1v) is 15.4. The summed E-state index contributed by atoms with van der Waals surface area (Å²) >= 11 is -4.56. The van der Waals surface area contributed by atoms with Crippen LogP contribution in [0.1, 0.15) is 0 Å². The Hall–Kier alpha value is 0.539. The average molecular weight is 618 g/mol. The molecule has 0 aromatic carbocycles. The number of halogens is 12. The van der Waals surface area contributed by atoms with Gasteiger partial charge in [0.15, 0.2) is 0 Å². The topological polar surface area (TPSA) is 35.5 Å². The fraction of sp³-hybridized carbons (Fsp3) is 1.00. The van der Waals surface area contributed by atoms with Gasteiger partial charge in [0.25, 0.3) is 0 Å². The fourth-order valence-corrected chi connectivity index (χ4v) is 8.59. The molecule has 0 aromatic rings. The van der Waals surface area contributed by atoms with Gasteiger partial charge < -0.3 is 0 Å². The Morgan fingerprint density at radius 1 is 0.700 bits per heavy atom. The SMILES string of the molecule is C[PH+](C)CC([O][Sn][O]C(CP(C)(C)=O)(C(F)(F)F)C(F)(F)F)(C(F)(F)F)C(F)(F)F. The molecule has 0 fully saturated rings. The van der Waals surface area contributed by atoms with Crippen molar-refractivity contribution in [1.82, 2.24) is 0 Å². The monoisotopic (exact) mass is 619 g/mol. The van der Waals surface area contributed by atoms with Gasteiger partial charge in [0, 0.05) is 0 Å². The maximum atomic E-state index is 13.3. The molecule has 0 spiro atoms. The summed E-state index contributed by atoms with van der Waals surface area (Å²) in [5, 5.41) is 0. The molecule has 0 aliphatic heterocycles. The first kappa shape index (κ1) is 30.5. The summed E-state index contributed by atoms with van der Waals surface area (Å²) in [6, 6.07) is 0. The van der Waals surface area contributed by atoms with Gasteiger partial charge in [-0.05, 0) is 0 Å². The van der Waals surface area contributed by atoms with Gasteiger partial charge in [-0.3, -0.25) is 0 Å². The quantitative estimate of drug-likeness (QED) is 0.209. The average Bonchev–Trinajstić information content (AvgIpc) is 2.37. The normalized spacial score (nSPS) is 15.8. The molecule has 0 bridgehead atoms. The van der Waals surface area contributed by atoms with E-state index in [0.29, 0.717) is 13.3 Å². The molecule has 3 nitrogen and oxygen atoms in total. The van der Waals surface area contributed by atoms with Gasteiger partial charge in [-0.1, -0.05) is 0 Å². The molecule has 0 saturated carbocycles. The van der Waals surface area contributed by atoms with Crippen LogP contribution in [0.5, 0.6) is 0 Å². The molecule has 0 amide bonds. The first-order chi connectivity index (χ1) is 12.8. The predicted octanol–water partition coefficient (Wildman–Crippen LogP) is 5.38. The molecule has 0 N–H and O–H groups in total. The van der Waals surface area contributed by atoms with E-state index < -0.39 is 85.3 Å². The van der Waals surface area contributed by atoms with Crippen molar-refractivity contribution >= 4 is 37.0 Å². The molecule has 0 atom stereocenters. The van der Waals surface area contributed by atoms with Crippen molar-refractivity contribution in [3.05, 3.63) is 0 Å². The van der Waals surface area contributed by atoms with Crippen LogP contribution in [-0.2, 0) is 10.7 Å². The second kappa shape index (κ2) is 9.42. The van der Waals surface area contributed by atoms with Crippen molar-refractivity contribution in [2.75, 3.05) is 39.0 Å². The summed E-state index contributed by atoms with van der Waals surface area (Å²) in [6.45, 7) is 3.11. The standard InChI is InChI=1S/C6H8F6O2P.C6H8F6OP.Sn/c1-15(2,14)3-4(13,5(7,8)9)6(10,11)12;1-14(2)3-4(13,5(7,8)9)6(10,11)12;/h3H2,1-2H3;3H2,1-2H3;/q2*-1;+2/p+1. The van der Waals surface area contributed by atoms with Gasteiger partial charge in [0.05, 0.1) is 0 Å². The number of rotatable bonds is 8. The molecule has 180 valence electrons. The summed E-state index contributed by atoms with van der Waals surface area (Å²) in [7, 11) is -6.57. The Kier molecular flexibility index (Phi) is 9.59. The molecular weight excluding hydrogens is 601 g/mol. The summed E-state index contributed by atoms with van der Waals surface area (Å²) < 4.78 is 178. The Morgan fingerprint density at radius 2 is 1.00 bits per heavy atom. The van der Waals surface area contributed by atoms with Crippen LogP contribution in [0.4, 0.5) is 52.7 Å². The third kappa shape index (κ3) is 7.02. The number of hydrogen-bond acceptors (Lipinski definition) is 3. The molecule has 30 heavy (non-hydrogen) atoms. The van der Waals surface area contributed by atoms with Crippen molar-refractivity contribution in [3.8, 4) is 0 Å². The molecule has 0 rings (SSSR count). The summed E-state index contributed by atoms with van der Waals surface area (Å²) in [4.78, 5) is 0. The summed E-state index contributed by atoms with van der Waals surface area (Å²) in [5.41, 5.74) is -10.2. The van der Waals surface area contributed by atoms with Gasteiger partial charge in [-0.15, -0.1) is 0 Å². The van der Waals surface area contributed by atoms with Crippen molar-refractivity contribution < 1.29 is 63.4 Å². The Bertz CT molecular complexity index is 592. The third-order valence-electron chi connectivity index (χ3n) is 3.47. The minimum atomic E-state index is -6.33. The van der Waals surface area contributed by atoms with E-state index in [1.54, 1.807) is 0 Å². The Labute approximate surface area is 175 Å². The second-order valence-electron chi connectivity index (χ2n) is 7.05. The summed E-state index contributed by atoms with van der Waals surface area (Å²) in [6.07, 6.45) is -29.0. The zero-order valence-electron chi connectivity index (χ0n) is 15.6. The molecule has 2 radical (unpaired) electrons. The molecule has 0 unspecified atom stereocenters. The van der Waals surface area contributed by atoms with E-state index in [1.165, 1.54) is 0 Å². The molecule has 0 saturated heterocycles. The molecule has 0 aliphatic carbocycles. The van der Waals surface area contributed by atoms with Crippen LogP contribution in [0, 0.1) is 0 Å². The molecular formula is C12H17F12O3P2Sn+. The molecule has 0 aromatic heterocycles. The van der Waals surface area contributed by atoms with E-state index in [1.807, 2.05) is 0 Å². The molecule has 0 heterocycles. The fourth-order valence-electron chi connectivity index (χ4n) is 2.20. The zero-order valence-corrected chi connectivity index (χ0v) is 20.4. The van der Waals surface area contributed by atoms with Crippen molar-refractivity contribution in [3.63, 3.8) is 0 Å². The van der Waals surface area contributed by atoms with Crippen LogP contribution in [-0.4, -0.2) is 96.9 Å². The van der Waals surface area contributed by atoms with Gasteiger partial charge in [0.2, 0.25) is 0 Å². The predicted molar refractivity (Wildman–Crippen MR) is 87.0 cm³/mol.